The third kappa shape index (κ3) is 4.65. The number of nitrogens with one attached hydrogen (secondary N) is 1. The number of carbonyl (C=O) groups excluding carboxylic acids is 1. The van der Waals surface area contributed by atoms with Crippen LogP contribution in [0.25, 0.3) is 0 Å². The lowest BCUT2D eigenvalue weighted by atomic mass is 10.2. The summed E-state index contributed by atoms with van der Waals surface area (Å²) < 4.78 is 14.3. The molecule has 104 valence electrons. The van der Waals surface area contributed by atoms with Crippen molar-refractivity contribution in [2.45, 2.75) is 5.75 Å². The molecule has 0 aromatic heterocycles. The van der Waals surface area contributed by atoms with Gasteiger partial charge in [-0.3, -0.25) is 4.79 Å². The fourth-order valence-corrected chi connectivity index (χ4v) is 2.76. The van der Waals surface area contributed by atoms with E-state index in [1.165, 1.54) is 17.8 Å². The van der Waals surface area contributed by atoms with Crippen LogP contribution in [0.2, 0.25) is 0 Å². The summed E-state index contributed by atoms with van der Waals surface area (Å²) in [5, 5.41) is 2.79. The Bertz CT molecular complexity index is 592. The van der Waals surface area contributed by atoms with E-state index in [4.69, 9.17) is 0 Å². The third-order valence-corrected chi connectivity index (χ3v) is 4.04. The van der Waals surface area contributed by atoms with Crippen LogP contribution in [0, 0.1) is 5.82 Å². The van der Waals surface area contributed by atoms with Gasteiger partial charge < -0.3 is 5.32 Å². The molecule has 2 aromatic rings. The van der Waals surface area contributed by atoms with E-state index in [1.807, 2.05) is 30.3 Å². The first kappa shape index (κ1) is 15.1. The number of benzene rings is 2. The zero-order valence-corrected chi connectivity index (χ0v) is 13.0. The molecule has 2 nitrogen and oxygen atoms in total. The van der Waals surface area contributed by atoms with Gasteiger partial charge in [-0.2, -0.15) is 0 Å². The van der Waals surface area contributed by atoms with Gasteiger partial charge in [-0.25, -0.2) is 4.39 Å². The molecule has 0 atom stereocenters. The van der Waals surface area contributed by atoms with Crippen molar-refractivity contribution in [3.63, 3.8) is 0 Å². The van der Waals surface area contributed by atoms with Crippen molar-refractivity contribution in [3.8, 4) is 0 Å². The summed E-state index contributed by atoms with van der Waals surface area (Å²) in [7, 11) is 0. The Kier molecular flexibility index (Phi) is 5.61. The van der Waals surface area contributed by atoms with Crippen LogP contribution in [0.3, 0.4) is 0 Å². The smallest absolute Gasteiger partial charge is 0.234 e. The van der Waals surface area contributed by atoms with E-state index in [2.05, 4.69) is 21.2 Å². The molecule has 0 aliphatic rings. The highest BCUT2D eigenvalue weighted by Crippen LogP contribution is 2.20. The Morgan fingerprint density at radius 3 is 2.65 bits per heavy atom. The summed E-state index contributed by atoms with van der Waals surface area (Å²) in [5.74, 6) is 0.431. The number of amides is 1. The standard InChI is InChI=1S/C15H13BrFNOS/c16-12-7-6-11(14(17)8-12)9-20-10-15(19)18-13-4-2-1-3-5-13/h1-8H,9-10H2,(H,18,19). The molecule has 2 aromatic carbocycles. The number of rotatable bonds is 5. The summed E-state index contributed by atoms with van der Waals surface area (Å²) in [5.41, 5.74) is 1.37. The van der Waals surface area contributed by atoms with Gasteiger partial charge in [-0.1, -0.05) is 40.2 Å². The number of para-hydroxylation sites is 1. The van der Waals surface area contributed by atoms with Gasteiger partial charge in [0, 0.05) is 15.9 Å². The van der Waals surface area contributed by atoms with Crippen LogP contribution in [0.5, 0.6) is 0 Å². The van der Waals surface area contributed by atoms with Crippen LogP contribution in [0.15, 0.2) is 53.0 Å². The predicted octanol–water partition coefficient (Wildman–Crippen LogP) is 4.46. The van der Waals surface area contributed by atoms with E-state index in [0.717, 1.165) is 5.69 Å². The van der Waals surface area contributed by atoms with Crippen LogP contribution in [-0.2, 0) is 10.5 Å². The molecule has 0 fully saturated rings. The first-order valence-corrected chi connectivity index (χ1v) is 7.96. The van der Waals surface area contributed by atoms with Crippen LogP contribution in [-0.4, -0.2) is 11.7 Å². The molecule has 0 radical (unpaired) electrons. The van der Waals surface area contributed by atoms with Gasteiger partial charge in [0.2, 0.25) is 5.91 Å². The largest absolute Gasteiger partial charge is 0.325 e. The Labute approximate surface area is 129 Å². The van der Waals surface area contributed by atoms with Crippen LogP contribution in [0.4, 0.5) is 10.1 Å². The average molecular weight is 354 g/mol. The molecular formula is C15H13BrFNOS. The second-order valence-electron chi connectivity index (χ2n) is 4.14. The molecule has 0 saturated carbocycles. The second-order valence-corrected chi connectivity index (χ2v) is 6.04. The maximum Gasteiger partial charge on any atom is 0.234 e. The van der Waals surface area contributed by atoms with Gasteiger partial charge in [0.05, 0.1) is 5.75 Å². The summed E-state index contributed by atoms with van der Waals surface area (Å²) >= 11 is 4.60. The number of thioether (sulfide) groups is 1. The highest BCUT2D eigenvalue weighted by molar-refractivity contribution is 9.10. The van der Waals surface area contributed by atoms with Gasteiger partial charge in [0.1, 0.15) is 5.82 Å². The molecule has 1 N–H and O–H groups in total. The maximum atomic E-state index is 13.6. The molecule has 0 aliphatic carbocycles. The normalized spacial score (nSPS) is 10.3. The number of halogens is 2. The quantitative estimate of drug-likeness (QED) is 0.859. The molecule has 2 rings (SSSR count). The SMILES string of the molecule is O=C(CSCc1ccc(Br)cc1F)Nc1ccccc1. The van der Waals surface area contributed by atoms with Crippen LogP contribution < -0.4 is 5.32 Å². The van der Waals surface area contributed by atoms with E-state index in [-0.39, 0.29) is 11.7 Å². The summed E-state index contributed by atoms with van der Waals surface area (Å²) in [6.45, 7) is 0. The highest BCUT2D eigenvalue weighted by atomic mass is 79.9. The lowest BCUT2D eigenvalue weighted by Gasteiger charge is -2.06. The maximum absolute atomic E-state index is 13.6. The molecule has 0 saturated heterocycles. The number of hydrogen-bond acceptors (Lipinski definition) is 2. The fraction of sp³-hybridized carbons (Fsp3) is 0.133. The molecule has 0 spiro atoms. The predicted molar refractivity (Wildman–Crippen MR) is 85.3 cm³/mol. The minimum atomic E-state index is -0.254. The zero-order valence-electron chi connectivity index (χ0n) is 10.6. The van der Waals surface area contributed by atoms with Crippen molar-refractivity contribution in [2.24, 2.45) is 0 Å². The van der Waals surface area contributed by atoms with Gasteiger partial charge in [0.25, 0.3) is 0 Å². The fourth-order valence-electron chi connectivity index (χ4n) is 1.61. The van der Waals surface area contributed by atoms with Crippen LogP contribution in [0.1, 0.15) is 5.56 Å². The lowest BCUT2D eigenvalue weighted by Crippen LogP contribution is -2.14. The topological polar surface area (TPSA) is 29.1 Å². The third-order valence-electron chi connectivity index (χ3n) is 2.56. The van der Waals surface area contributed by atoms with Crippen molar-refractivity contribution >= 4 is 39.3 Å². The van der Waals surface area contributed by atoms with Crippen molar-refractivity contribution in [2.75, 3.05) is 11.1 Å². The average Bonchev–Trinajstić information content (AvgIpc) is 2.42. The Hall–Kier alpha value is -1.33. The van der Waals surface area contributed by atoms with Gasteiger partial charge in [-0.05, 0) is 29.8 Å². The minimum Gasteiger partial charge on any atom is -0.325 e. The monoisotopic (exact) mass is 353 g/mol. The van der Waals surface area contributed by atoms with E-state index in [1.54, 1.807) is 12.1 Å². The van der Waals surface area contributed by atoms with Gasteiger partial charge in [0.15, 0.2) is 0 Å². The van der Waals surface area contributed by atoms with E-state index < -0.39 is 0 Å². The Morgan fingerprint density at radius 1 is 1.20 bits per heavy atom. The van der Waals surface area contributed by atoms with Gasteiger partial charge >= 0.3 is 0 Å². The van der Waals surface area contributed by atoms with E-state index in [0.29, 0.717) is 21.5 Å². The molecule has 1 amide bonds. The molecule has 0 aliphatic heterocycles. The van der Waals surface area contributed by atoms with E-state index in [9.17, 15) is 9.18 Å². The molecule has 5 heteroatoms. The molecular weight excluding hydrogens is 341 g/mol. The van der Waals surface area contributed by atoms with Crippen molar-refractivity contribution < 1.29 is 9.18 Å². The summed E-state index contributed by atoms with van der Waals surface area (Å²) in [4.78, 5) is 11.7. The molecule has 0 heterocycles. The summed E-state index contributed by atoms with van der Waals surface area (Å²) in [6.07, 6.45) is 0. The number of carbonyl (C=O) groups is 1. The first-order valence-electron chi connectivity index (χ1n) is 6.02. The van der Waals surface area contributed by atoms with E-state index >= 15 is 0 Å². The summed E-state index contributed by atoms with van der Waals surface area (Å²) in [6, 6.07) is 14.2. The Morgan fingerprint density at radius 2 is 1.95 bits per heavy atom. The molecule has 0 unspecified atom stereocenters. The van der Waals surface area contributed by atoms with Crippen LogP contribution >= 0.6 is 27.7 Å². The highest BCUT2D eigenvalue weighted by Gasteiger charge is 2.06. The Balaban J connectivity index is 1.79. The second kappa shape index (κ2) is 7.45. The zero-order chi connectivity index (χ0) is 14.4. The number of anilines is 1. The van der Waals surface area contributed by atoms with Gasteiger partial charge in [-0.15, -0.1) is 11.8 Å². The van der Waals surface area contributed by atoms with Crippen molar-refractivity contribution in [1.29, 1.82) is 0 Å². The van der Waals surface area contributed by atoms with Crippen molar-refractivity contribution in [1.82, 2.24) is 0 Å². The van der Waals surface area contributed by atoms with Crippen molar-refractivity contribution in [3.05, 3.63) is 64.4 Å². The number of hydrogen-bond donors (Lipinski definition) is 1. The molecule has 0 bridgehead atoms. The molecule has 20 heavy (non-hydrogen) atoms. The lowest BCUT2D eigenvalue weighted by molar-refractivity contribution is -0.113. The minimum absolute atomic E-state index is 0.0845. The first-order chi connectivity index (χ1) is 9.65.